The maximum Gasteiger partial charge on any atom is 0.244 e. The molecule has 1 aromatic heterocycles. The zero-order valence-electron chi connectivity index (χ0n) is 17.6. The molecule has 0 radical (unpaired) electrons. The summed E-state index contributed by atoms with van der Waals surface area (Å²) in [6.45, 7) is 1.99. The molecular weight excluding hydrogens is 444 g/mol. The van der Waals surface area contributed by atoms with Gasteiger partial charge in [0.2, 0.25) is 11.3 Å². The van der Waals surface area contributed by atoms with Crippen molar-refractivity contribution in [1.82, 2.24) is 4.57 Å². The molecule has 1 N–H and O–H groups in total. The van der Waals surface area contributed by atoms with E-state index in [1.807, 2.05) is 60.0 Å². The van der Waals surface area contributed by atoms with Crippen LogP contribution in [0.1, 0.15) is 5.56 Å². The van der Waals surface area contributed by atoms with E-state index in [-0.39, 0.29) is 17.9 Å². The summed E-state index contributed by atoms with van der Waals surface area (Å²) in [7, 11) is 1.54. The number of pyridine rings is 1. The highest BCUT2D eigenvalue weighted by Crippen LogP contribution is 2.28. The van der Waals surface area contributed by atoms with Crippen LogP contribution in [-0.2, 0) is 11.3 Å². The molecule has 0 fully saturated rings. The molecule has 0 aliphatic rings. The third kappa shape index (κ3) is 4.82. The van der Waals surface area contributed by atoms with Crippen molar-refractivity contribution in [2.24, 2.45) is 0 Å². The molecule has 0 spiro atoms. The van der Waals surface area contributed by atoms with Crippen LogP contribution in [0.4, 0.5) is 5.69 Å². The lowest BCUT2D eigenvalue weighted by Gasteiger charge is -2.14. The van der Waals surface area contributed by atoms with Gasteiger partial charge in [0.1, 0.15) is 12.3 Å². The van der Waals surface area contributed by atoms with Gasteiger partial charge < -0.3 is 14.6 Å². The van der Waals surface area contributed by atoms with E-state index in [2.05, 4.69) is 5.32 Å². The van der Waals surface area contributed by atoms with E-state index in [0.717, 1.165) is 10.5 Å². The minimum Gasteiger partial charge on any atom is -0.495 e. The fourth-order valence-electron chi connectivity index (χ4n) is 3.40. The number of nitrogens with one attached hydrogen (secondary N) is 1. The number of aromatic nitrogens is 1. The van der Waals surface area contributed by atoms with Crippen molar-refractivity contribution >= 4 is 45.9 Å². The summed E-state index contributed by atoms with van der Waals surface area (Å²) in [5.74, 6) is 0.307. The van der Waals surface area contributed by atoms with Crippen molar-refractivity contribution in [1.29, 1.82) is 0 Å². The Balaban J connectivity index is 1.67. The predicted molar refractivity (Wildman–Crippen MR) is 130 cm³/mol. The minimum absolute atomic E-state index is 0.0452. The molecule has 1 amide bonds. The molecular formula is C25H21ClN2O3S. The Morgan fingerprint density at radius 2 is 1.88 bits per heavy atom. The zero-order chi connectivity index (χ0) is 22.7. The average molecular weight is 465 g/mol. The van der Waals surface area contributed by atoms with E-state index < -0.39 is 0 Å². The maximum atomic E-state index is 13.2. The fourth-order valence-corrected chi connectivity index (χ4v) is 4.59. The van der Waals surface area contributed by atoms with Gasteiger partial charge in [-0.15, -0.1) is 0 Å². The number of anilines is 1. The van der Waals surface area contributed by atoms with Crippen molar-refractivity contribution in [3.8, 4) is 5.75 Å². The van der Waals surface area contributed by atoms with Gasteiger partial charge in [0, 0.05) is 22.2 Å². The monoisotopic (exact) mass is 464 g/mol. The minimum atomic E-state index is -0.229. The van der Waals surface area contributed by atoms with Crippen LogP contribution in [-0.4, -0.2) is 17.6 Å². The summed E-state index contributed by atoms with van der Waals surface area (Å²) in [5.41, 5.74) is 2.22. The van der Waals surface area contributed by atoms with Crippen LogP contribution in [0, 0.1) is 6.92 Å². The van der Waals surface area contributed by atoms with Crippen LogP contribution in [0.2, 0.25) is 5.02 Å². The molecule has 0 atom stereocenters. The second kappa shape index (κ2) is 9.51. The van der Waals surface area contributed by atoms with Crippen LogP contribution in [0.25, 0.3) is 10.9 Å². The number of benzene rings is 3. The quantitative estimate of drug-likeness (QED) is 0.394. The molecule has 7 heteroatoms. The summed E-state index contributed by atoms with van der Waals surface area (Å²) in [6, 6.07) is 20.4. The van der Waals surface area contributed by atoms with Gasteiger partial charge in [0.15, 0.2) is 0 Å². The second-order valence-corrected chi connectivity index (χ2v) is 8.81. The van der Waals surface area contributed by atoms with Crippen LogP contribution in [0.5, 0.6) is 5.75 Å². The molecule has 0 unspecified atom stereocenters. The number of aryl methyl sites for hydroxylation is 1. The number of methoxy groups -OCH3 is 1. The molecule has 3 aromatic carbocycles. The fraction of sp³-hybridized carbons (Fsp3) is 0.120. The first-order valence-corrected chi connectivity index (χ1v) is 11.1. The third-order valence-corrected chi connectivity index (χ3v) is 6.24. The average Bonchev–Trinajstić information content (AvgIpc) is 2.77. The van der Waals surface area contributed by atoms with Gasteiger partial charge in [-0.05, 0) is 49.4 Å². The normalized spacial score (nSPS) is 10.8. The number of carbonyl (C=O) groups is 1. The highest BCUT2D eigenvalue weighted by atomic mass is 35.5. The summed E-state index contributed by atoms with van der Waals surface area (Å²) in [6.07, 6.45) is 1.75. The molecule has 0 aliphatic heterocycles. The number of nitrogens with zero attached hydrogens (tertiary/aromatic N) is 1. The third-order valence-electron chi connectivity index (χ3n) is 4.92. The van der Waals surface area contributed by atoms with E-state index in [4.69, 9.17) is 16.3 Å². The van der Waals surface area contributed by atoms with Gasteiger partial charge in [0.25, 0.3) is 0 Å². The van der Waals surface area contributed by atoms with E-state index in [1.54, 1.807) is 24.4 Å². The number of amides is 1. The zero-order valence-corrected chi connectivity index (χ0v) is 19.2. The van der Waals surface area contributed by atoms with Crippen molar-refractivity contribution in [2.45, 2.75) is 23.3 Å². The van der Waals surface area contributed by atoms with Gasteiger partial charge >= 0.3 is 0 Å². The van der Waals surface area contributed by atoms with Crippen molar-refractivity contribution in [2.75, 3.05) is 12.4 Å². The number of hydrogen-bond acceptors (Lipinski definition) is 4. The lowest BCUT2D eigenvalue weighted by molar-refractivity contribution is -0.116. The predicted octanol–water partition coefficient (Wildman–Crippen LogP) is 5.76. The molecule has 0 aliphatic carbocycles. The topological polar surface area (TPSA) is 60.3 Å². The Hall–Kier alpha value is -3.22. The van der Waals surface area contributed by atoms with Crippen LogP contribution >= 0.6 is 23.4 Å². The maximum absolute atomic E-state index is 13.2. The molecule has 32 heavy (non-hydrogen) atoms. The first kappa shape index (κ1) is 22.0. The van der Waals surface area contributed by atoms with Crippen LogP contribution < -0.4 is 15.5 Å². The lowest BCUT2D eigenvalue weighted by Crippen LogP contribution is -2.21. The Bertz CT molecular complexity index is 1350. The molecule has 0 saturated heterocycles. The Kier molecular flexibility index (Phi) is 6.53. The first-order chi connectivity index (χ1) is 15.4. The van der Waals surface area contributed by atoms with E-state index in [9.17, 15) is 9.59 Å². The van der Waals surface area contributed by atoms with Crippen molar-refractivity contribution < 1.29 is 9.53 Å². The molecule has 4 aromatic rings. The van der Waals surface area contributed by atoms with Crippen molar-refractivity contribution in [3.05, 3.63) is 93.7 Å². The summed E-state index contributed by atoms with van der Waals surface area (Å²) >= 11 is 7.55. The van der Waals surface area contributed by atoms with Crippen LogP contribution in [0.15, 0.2) is 87.5 Å². The lowest BCUT2D eigenvalue weighted by atomic mass is 10.1. The molecule has 0 bridgehead atoms. The smallest absolute Gasteiger partial charge is 0.244 e. The molecule has 5 nitrogen and oxygen atoms in total. The number of halogens is 1. The highest BCUT2D eigenvalue weighted by molar-refractivity contribution is 7.99. The Labute approximate surface area is 195 Å². The standard InChI is InChI=1S/C25H21ClN2O3S/c1-16-8-10-21-19(12-16)25(30)23(32-18-6-4-3-5-7-18)14-28(21)15-24(29)27-17-9-11-22(31-2)20(26)13-17/h3-14H,15H2,1-2H3,(H,27,29). The number of ether oxygens (including phenoxy) is 1. The van der Waals surface area contributed by atoms with E-state index in [0.29, 0.717) is 32.3 Å². The second-order valence-electron chi connectivity index (χ2n) is 7.28. The van der Waals surface area contributed by atoms with Gasteiger partial charge in [-0.3, -0.25) is 9.59 Å². The Morgan fingerprint density at radius 1 is 1.09 bits per heavy atom. The van der Waals surface area contributed by atoms with E-state index >= 15 is 0 Å². The highest BCUT2D eigenvalue weighted by Gasteiger charge is 2.14. The molecule has 0 saturated carbocycles. The van der Waals surface area contributed by atoms with Crippen LogP contribution in [0.3, 0.4) is 0 Å². The first-order valence-electron chi connectivity index (χ1n) is 9.94. The number of rotatable bonds is 6. The largest absolute Gasteiger partial charge is 0.495 e. The van der Waals surface area contributed by atoms with E-state index in [1.165, 1.54) is 18.9 Å². The number of fused-ring (bicyclic) bond motifs is 1. The summed E-state index contributed by atoms with van der Waals surface area (Å²) in [5, 5.41) is 3.86. The SMILES string of the molecule is COc1ccc(NC(=O)Cn2cc(Sc3ccccc3)c(=O)c3cc(C)ccc32)cc1Cl. The molecule has 1 heterocycles. The Morgan fingerprint density at radius 3 is 2.59 bits per heavy atom. The number of carbonyl (C=O) groups excluding carboxylic acids is 1. The summed E-state index contributed by atoms with van der Waals surface area (Å²) in [4.78, 5) is 27.5. The van der Waals surface area contributed by atoms with Gasteiger partial charge in [-0.2, -0.15) is 0 Å². The number of hydrogen-bond donors (Lipinski definition) is 1. The van der Waals surface area contributed by atoms with Gasteiger partial charge in [-0.25, -0.2) is 0 Å². The van der Waals surface area contributed by atoms with Gasteiger partial charge in [0.05, 0.1) is 22.5 Å². The molecule has 4 rings (SSSR count). The summed E-state index contributed by atoms with van der Waals surface area (Å²) < 4.78 is 6.96. The van der Waals surface area contributed by atoms with Gasteiger partial charge in [-0.1, -0.05) is 53.2 Å². The molecule has 162 valence electrons. The van der Waals surface area contributed by atoms with Crippen molar-refractivity contribution in [3.63, 3.8) is 0 Å².